The summed E-state index contributed by atoms with van der Waals surface area (Å²) in [4.78, 5) is 36.7. The number of methoxy groups -OCH3 is 3. The molecule has 1 aliphatic heterocycles. The van der Waals surface area contributed by atoms with Crippen LogP contribution in [-0.2, 0) is 4.79 Å². The van der Waals surface area contributed by atoms with Crippen molar-refractivity contribution in [3.63, 3.8) is 0 Å². The molecular weight excluding hydrogens is 550 g/mol. The number of aromatic amines is 1. The Morgan fingerprint density at radius 3 is 2.49 bits per heavy atom. The van der Waals surface area contributed by atoms with E-state index in [4.69, 9.17) is 30.2 Å². The third kappa shape index (κ3) is 4.23. The van der Waals surface area contributed by atoms with Crippen LogP contribution < -0.4 is 19.1 Å². The molecule has 1 unspecified atom stereocenters. The maximum Gasteiger partial charge on any atom is 0.296 e. The van der Waals surface area contributed by atoms with Gasteiger partial charge in [0.15, 0.2) is 34.4 Å². The molecule has 1 amide bonds. The second kappa shape index (κ2) is 9.90. The molecule has 0 fully saturated rings. The lowest BCUT2D eigenvalue weighted by Crippen LogP contribution is -2.32. The number of rotatable bonds is 7. The second-order valence-electron chi connectivity index (χ2n) is 9.50. The fraction of sp³-hybridized carbons (Fsp3) is 0.167. The number of carbonyl (C=O) groups is 2. The van der Waals surface area contributed by atoms with Crippen LogP contribution in [0.25, 0.3) is 22.0 Å². The number of hydrogen-bond acceptors (Lipinski definition) is 8. The number of Topliss-reactive ketones (excluding diaryl/α,β-unsaturated/α-hetero) is 1. The summed E-state index contributed by atoms with van der Waals surface area (Å²) in [6.45, 7) is 1.94. The molecule has 0 bridgehead atoms. The molecule has 0 radical (unpaired) electrons. The van der Waals surface area contributed by atoms with Gasteiger partial charge in [0, 0.05) is 16.5 Å². The fourth-order valence-electron chi connectivity index (χ4n) is 5.10. The maximum absolute atomic E-state index is 14.1. The van der Waals surface area contributed by atoms with E-state index in [9.17, 15) is 14.7 Å². The predicted molar refractivity (Wildman–Crippen MR) is 152 cm³/mol. The minimum atomic E-state index is -1.09. The monoisotopic (exact) mass is 573 g/mol. The molecular formula is C30H24ClN3O7. The zero-order valence-corrected chi connectivity index (χ0v) is 23.2. The Kier molecular flexibility index (Phi) is 6.34. The number of benzene rings is 3. The van der Waals surface area contributed by atoms with Gasteiger partial charge in [0.25, 0.3) is 5.91 Å². The highest BCUT2D eigenvalue weighted by molar-refractivity contribution is 6.31. The highest BCUT2D eigenvalue weighted by Crippen LogP contribution is 2.44. The summed E-state index contributed by atoms with van der Waals surface area (Å²) in [6, 6.07) is 14.2. The molecule has 10 nitrogen and oxygen atoms in total. The van der Waals surface area contributed by atoms with E-state index in [1.165, 1.54) is 32.3 Å². The number of anilines is 1. The number of ether oxygens (including phenoxy) is 3. The van der Waals surface area contributed by atoms with Crippen LogP contribution in [0.1, 0.15) is 27.7 Å². The smallest absolute Gasteiger partial charge is 0.296 e. The molecule has 6 rings (SSSR count). The van der Waals surface area contributed by atoms with Crippen molar-refractivity contribution < 1.29 is 33.3 Å². The number of furan rings is 1. The van der Waals surface area contributed by atoms with Crippen molar-refractivity contribution >= 4 is 51.2 Å². The molecule has 41 heavy (non-hydrogen) atoms. The van der Waals surface area contributed by atoms with Crippen LogP contribution in [0.2, 0.25) is 5.02 Å². The molecule has 208 valence electrons. The van der Waals surface area contributed by atoms with Gasteiger partial charge in [-0.15, -0.1) is 0 Å². The lowest BCUT2D eigenvalue weighted by molar-refractivity contribution is -0.117. The predicted octanol–water partition coefficient (Wildman–Crippen LogP) is 6.08. The van der Waals surface area contributed by atoms with Crippen molar-refractivity contribution in [1.29, 1.82) is 0 Å². The van der Waals surface area contributed by atoms with Gasteiger partial charge in [-0.25, -0.2) is 4.98 Å². The van der Waals surface area contributed by atoms with Crippen LogP contribution in [-0.4, -0.2) is 48.1 Å². The van der Waals surface area contributed by atoms with Gasteiger partial charge in [0.1, 0.15) is 0 Å². The Bertz CT molecular complexity index is 1910. The Morgan fingerprint density at radius 2 is 1.76 bits per heavy atom. The number of aryl methyl sites for hydroxylation is 1. The number of aliphatic hydroxyl groups excluding tert-OH is 1. The number of carbonyl (C=O) groups excluding carboxylic acids is 2. The number of H-pyrrole nitrogens is 1. The molecule has 5 aromatic rings. The number of imidazole rings is 1. The van der Waals surface area contributed by atoms with Crippen molar-refractivity contribution in [1.82, 2.24) is 9.97 Å². The maximum atomic E-state index is 14.1. The summed E-state index contributed by atoms with van der Waals surface area (Å²) in [5.74, 6) is -1.02. The summed E-state index contributed by atoms with van der Waals surface area (Å²) < 4.78 is 22.1. The highest BCUT2D eigenvalue weighted by atomic mass is 35.5. The Labute approximate surface area is 238 Å². The lowest BCUT2D eigenvalue weighted by atomic mass is 9.94. The molecule has 3 heterocycles. The number of ketones is 1. The molecule has 2 aromatic heterocycles. The number of nitrogens with one attached hydrogen (secondary N) is 1. The molecule has 11 heteroatoms. The van der Waals surface area contributed by atoms with E-state index >= 15 is 0 Å². The highest BCUT2D eigenvalue weighted by Gasteiger charge is 2.47. The SMILES string of the molecule is COc1ccc(C2C(C(=O)c3cc4cc(Cl)cc(OC)c4o3)=C(O)C(=O)N2c2nc3ccc(C)cc3[nH]2)cc1OC. The van der Waals surface area contributed by atoms with Crippen LogP contribution in [0.4, 0.5) is 5.95 Å². The molecule has 1 aliphatic rings. The summed E-state index contributed by atoms with van der Waals surface area (Å²) in [6.07, 6.45) is 0. The van der Waals surface area contributed by atoms with Crippen LogP contribution >= 0.6 is 11.6 Å². The van der Waals surface area contributed by atoms with Crippen molar-refractivity contribution in [3.8, 4) is 17.2 Å². The standard InChI is InChI=1S/C30H24ClN3O7/c1-14-5-7-18-19(9-14)33-30(32-18)34-25(15-6-8-20(38-2)21(11-15)39-3)24(27(36)29(34)37)26(35)22-12-16-10-17(31)13-23(40-4)28(16)41-22/h5-13,25,36H,1-4H3,(H,32,33). The molecule has 3 aromatic carbocycles. The van der Waals surface area contributed by atoms with E-state index in [2.05, 4.69) is 9.97 Å². The lowest BCUT2D eigenvalue weighted by Gasteiger charge is -2.25. The van der Waals surface area contributed by atoms with Crippen LogP contribution in [0.3, 0.4) is 0 Å². The molecule has 2 N–H and O–H groups in total. The Morgan fingerprint density at radius 1 is 1.00 bits per heavy atom. The normalized spacial score (nSPS) is 15.3. The van der Waals surface area contributed by atoms with E-state index in [0.717, 1.165) is 5.56 Å². The van der Waals surface area contributed by atoms with E-state index in [-0.39, 0.29) is 17.3 Å². The fourth-order valence-corrected chi connectivity index (χ4v) is 5.32. The van der Waals surface area contributed by atoms with Crippen LogP contribution in [0.15, 0.2) is 70.3 Å². The van der Waals surface area contributed by atoms with Crippen molar-refractivity contribution in [2.45, 2.75) is 13.0 Å². The zero-order valence-electron chi connectivity index (χ0n) is 22.4. The topological polar surface area (TPSA) is 127 Å². The molecule has 1 atom stereocenters. The van der Waals surface area contributed by atoms with E-state index in [0.29, 0.717) is 49.8 Å². The molecule has 0 saturated carbocycles. The van der Waals surface area contributed by atoms with Crippen LogP contribution in [0.5, 0.6) is 17.2 Å². The van der Waals surface area contributed by atoms with Crippen molar-refractivity contribution in [3.05, 3.63) is 87.8 Å². The van der Waals surface area contributed by atoms with E-state index < -0.39 is 23.5 Å². The third-order valence-electron chi connectivity index (χ3n) is 7.02. The molecule has 0 spiro atoms. The minimum Gasteiger partial charge on any atom is -0.503 e. The zero-order chi connectivity index (χ0) is 29.0. The van der Waals surface area contributed by atoms with Gasteiger partial charge in [-0.3, -0.25) is 14.5 Å². The number of aliphatic hydroxyl groups is 1. The summed E-state index contributed by atoms with van der Waals surface area (Å²) in [5.41, 5.74) is 2.88. The van der Waals surface area contributed by atoms with Gasteiger partial charge in [-0.05, 0) is 54.4 Å². The number of hydrogen-bond donors (Lipinski definition) is 2. The van der Waals surface area contributed by atoms with Gasteiger partial charge in [0.05, 0.1) is 44.0 Å². The number of fused-ring (bicyclic) bond motifs is 2. The van der Waals surface area contributed by atoms with Crippen LogP contribution in [0, 0.1) is 6.92 Å². The molecule has 0 aliphatic carbocycles. The average molecular weight is 574 g/mol. The summed E-state index contributed by atoms with van der Waals surface area (Å²) in [7, 11) is 4.44. The minimum absolute atomic E-state index is 0.109. The van der Waals surface area contributed by atoms with E-state index in [1.54, 1.807) is 30.3 Å². The largest absolute Gasteiger partial charge is 0.503 e. The quantitative estimate of drug-likeness (QED) is 0.224. The van der Waals surface area contributed by atoms with Gasteiger partial charge in [-0.1, -0.05) is 23.7 Å². The van der Waals surface area contributed by atoms with Gasteiger partial charge >= 0.3 is 0 Å². The summed E-state index contributed by atoms with van der Waals surface area (Å²) >= 11 is 6.21. The number of aromatic nitrogens is 2. The first-order valence-electron chi connectivity index (χ1n) is 12.5. The first-order chi connectivity index (χ1) is 19.7. The first-order valence-corrected chi connectivity index (χ1v) is 12.9. The number of nitrogens with zero attached hydrogens (tertiary/aromatic N) is 2. The Hall–Kier alpha value is -4.96. The van der Waals surface area contributed by atoms with E-state index in [1.807, 2.05) is 25.1 Å². The number of halogens is 1. The van der Waals surface area contributed by atoms with Gasteiger partial charge in [-0.2, -0.15) is 0 Å². The van der Waals surface area contributed by atoms with Crippen molar-refractivity contribution in [2.75, 3.05) is 26.2 Å². The third-order valence-corrected chi connectivity index (χ3v) is 7.24. The first kappa shape index (κ1) is 26.3. The number of amides is 1. The average Bonchev–Trinajstić information content (AvgIpc) is 3.65. The van der Waals surface area contributed by atoms with Gasteiger partial charge < -0.3 is 28.7 Å². The second-order valence-corrected chi connectivity index (χ2v) is 9.94. The Balaban J connectivity index is 1.53. The van der Waals surface area contributed by atoms with Crippen molar-refractivity contribution in [2.24, 2.45) is 0 Å². The van der Waals surface area contributed by atoms with Gasteiger partial charge in [0.2, 0.25) is 11.7 Å². The molecule has 0 saturated heterocycles. The summed E-state index contributed by atoms with van der Waals surface area (Å²) in [5, 5.41) is 12.1.